The number of rotatable bonds is 3. The van der Waals surface area contributed by atoms with Gasteiger partial charge in [0, 0.05) is 3.57 Å². The maximum atomic E-state index is 13.1. The molecule has 0 N–H and O–H groups in total. The van der Waals surface area contributed by atoms with Crippen molar-refractivity contribution in [1.29, 1.82) is 0 Å². The molecule has 2 aromatic carbocycles. The molecule has 3 aromatic rings. The number of fused-ring (bicyclic) bond motifs is 1. The van der Waals surface area contributed by atoms with Crippen LogP contribution in [-0.2, 0) is 5.88 Å². The second-order valence-corrected chi connectivity index (χ2v) is 6.41. The number of aromatic nitrogens is 2. The Kier molecular flexibility index (Phi) is 4.17. The van der Waals surface area contributed by atoms with Crippen molar-refractivity contribution >= 4 is 45.2 Å². The van der Waals surface area contributed by atoms with Crippen molar-refractivity contribution in [3.05, 3.63) is 63.2 Å². The van der Waals surface area contributed by atoms with Crippen molar-refractivity contribution < 1.29 is 4.39 Å². The van der Waals surface area contributed by atoms with Crippen molar-refractivity contribution in [2.45, 2.75) is 18.8 Å². The van der Waals surface area contributed by atoms with Gasteiger partial charge in [0.25, 0.3) is 0 Å². The standard InChI is InChI=1S/C16H13ClFIN2/c1-10(11-2-4-12(18)5-3-11)21-15-7-6-13(19)8-14(15)20-16(21)9-17/h2-8,10H,9H2,1H3. The fourth-order valence-electron chi connectivity index (χ4n) is 2.54. The molecular formula is C16H13ClFIN2. The quantitative estimate of drug-likeness (QED) is 0.429. The first-order valence-electron chi connectivity index (χ1n) is 6.58. The third-order valence-corrected chi connectivity index (χ3v) is 4.49. The van der Waals surface area contributed by atoms with E-state index in [-0.39, 0.29) is 11.9 Å². The Morgan fingerprint density at radius 1 is 1.24 bits per heavy atom. The molecule has 1 atom stereocenters. The van der Waals surface area contributed by atoms with Gasteiger partial charge in [-0.15, -0.1) is 11.6 Å². The molecule has 0 amide bonds. The molecule has 5 heteroatoms. The monoisotopic (exact) mass is 414 g/mol. The number of imidazole rings is 1. The maximum Gasteiger partial charge on any atom is 0.125 e. The fourth-order valence-corrected chi connectivity index (χ4v) is 3.20. The zero-order valence-electron chi connectivity index (χ0n) is 11.4. The van der Waals surface area contributed by atoms with E-state index in [9.17, 15) is 4.39 Å². The van der Waals surface area contributed by atoms with E-state index in [0.29, 0.717) is 5.88 Å². The van der Waals surface area contributed by atoms with Gasteiger partial charge in [-0.25, -0.2) is 9.37 Å². The lowest BCUT2D eigenvalue weighted by Gasteiger charge is -2.17. The summed E-state index contributed by atoms with van der Waals surface area (Å²) in [5, 5.41) is 0. The van der Waals surface area contributed by atoms with E-state index < -0.39 is 0 Å². The first-order chi connectivity index (χ1) is 10.1. The predicted octanol–water partition coefficient (Wildman–Crippen LogP) is 5.13. The van der Waals surface area contributed by atoms with Gasteiger partial charge in [0.2, 0.25) is 0 Å². The van der Waals surface area contributed by atoms with Gasteiger partial charge in [0.05, 0.1) is 23.0 Å². The Morgan fingerprint density at radius 2 is 1.95 bits per heavy atom. The molecule has 0 saturated carbocycles. The van der Waals surface area contributed by atoms with Gasteiger partial charge >= 0.3 is 0 Å². The summed E-state index contributed by atoms with van der Waals surface area (Å²) >= 11 is 8.32. The summed E-state index contributed by atoms with van der Waals surface area (Å²) < 4.78 is 16.4. The normalized spacial score (nSPS) is 12.8. The zero-order valence-corrected chi connectivity index (χ0v) is 14.3. The first-order valence-corrected chi connectivity index (χ1v) is 8.19. The van der Waals surface area contributed by atoms with E-state index in [1.54, 1.807) is 12.1 Å². The lowest BCUT2D eigenvalue weighted by molar-refractivity contribution is 0.614. The molecule has 0 aliphatic rings. The molecule has 0 bridgehead atoms. The zero-order chi connectivity index (χ0) is 15.0. The topological polar surface area (TPSA) is 17.8 Å². The van der Waals surface area contributed by atoms with E-state index in [1.807, 2.05) is 6.07 Å². The van der Waals surface area contributed by atoms with Gasteiger partial charge < -0.3 is 4.57 Å². The van der Waals surface area contributed by atoms with Crippen LogP contribution < -0.4 is 0 Å². The van der Waals surface area contributed by atoms with E-state index in [0.717, 1.165) is 26.0 Å². The van der Waals surface area contributed by atoms with Crippen molar-refractivity contribution in [2.75, 3.05) is 0 Å². The van der Waals surface area contributed by atoms with Crippen LogP contribution >= 0.6 is 34.2 Å². The number of halogens is 3. The number of nitrogens with zero attached hydrogens (tertiary/aromatic N) is 2. The molecule has 0 saturated heterocycles. The van der Waals surface area contributed by atoms with Crippen LogP contribution in [0.25, 0.3) is 11.0 Å². The molecule has 21 heavy (non-hydrogen) atoms. The van der Waals surface area contributed by atoms with Crippen molar-refractivity contribution in [2.24, 2.45) is 0 Å². The summed E-state index contributed by atoms with van der Waals surface area (Å²) in [6.07, 6.45) is 0. The Balaban J connectivity index is 2.16. The minimum absolute atomic E-state index is 0.0458. The predicted molar refractivity (Wildman–Crippen MR) is 92.2 cm³/mol. The van der Waals surface area contributed by atoms with E-state index in [2.05, 4.69) is 51.2 Å². The second kappa shape index (κ2) is 5.93. The summed E-state index contributed by atoms with van der Waals surface area (Å²) in [5.41, 5.74) is 3.01. The van der Waals surface area contributed by atoms with Gasteiger partial charge in [-0.1, -0.05) is 12.1 Å². The van der Waals surface area contributed by atoms with Gasteiger partial charge in [-0.3, -0.25) is 0 Å². The molecule has 1 unspecified atom stereocenters. The molecular weight excluding hydrogens is 402 g/mol. The molecule has 3 rings (SSSR count). The minimum Gasteiger partial charge on any atom is -0.320 e. The van der Waals surface area contributed by atoms with Crippen LogP contribution in [0.1, 0.15) is 24.4 Å². The molecule has 1 heterocycles. The van der Waals surface area contributed by atoms with Gasteiger partial charge in [-0.05, 0) is 65.4 Å². The SMILES string of the molecule is CC(c1ccc(F)cc1)n1c(CCl)nc2cc(I)ccc21. The molecule has 108 valence electrons. The third kappa shape index (κ3) is 2.79. The molecule has 1 aromatic heterocycles. The highest BCUT2D eigenvalue weighted by Gasteiger charge is 2.17. The van der Waals surface area contributed by atoms with Gasteiger partial charge in [-0.2, -0.15) is 0 Å². The fraction of sp³-hybridized carbons (Fsp3) is 0.188. The summed E-state index contributed by atoms with van der Waals surface area (Å²) in [4.78, 5) is 4.61. The summed E-state index contributed by atoms with van der Waals surface area (Å²) in [6, 6.07) is 12.8. The van der Waals surface area contributed by atoms with Crippen molar-refractivity contribution in [3.8, 4) is 0 Å². The molecule has 0 radical (unpaired) electrons. The number of benzene rings is 2. The minimum atomic E-state index is -0.228. The first kappa shape index (κ1) is 14.8. The molecule has 0 spiro atoms. The van der Waals surface area contributed by atoms with Crippen molar-refractivity contribution in [3.63, 3.8) is 0 Å². The Morgan fingerprint density at radius 3 is 2.62 bits per heavy atom. The highest BCUT2D eigenvalue weighted by Crippen LogP contribution is 2.28. The maximum absolute atomic E-state index is 13.1. The number of alkyl halides is 1. The lowest BCUT2D eigenvalue weighted by atomic mass is 10.1. The molecule has 2 nitrogen and oxygen atoms in total. The molecule has 0 fully saturated rings. The summed E-state index contributed by atoms with van der Waals surface area (Å²) in [5.74, 6) is 0.940. The molecule has 0 aliphatic carbocycles. The van der Waals surface area contributed by atoms with E-state index in [4.69, 9.17) is 11.6 Å². The third-order valence-electron chi connectivity index (χ3n) is 3.58. The van der Waals surface area contributed by atoms with E-state index >= 15 is 0 Å². The summed E-state index contributed by atoms with van der Waals surface area (Å²) in [7, 11) is 0. The van der Waals surface area contributed by atoms with Crippen LogP contribution in [0, 0.1) is 9.39 Å². The smallest absolute Gasteiger partial charge is 0.125 e. The van der Waals surface area contributed by atoms with Crippen molar-refractivity contribution in [1.82, 2.24) is 9.55 Å². The van der Waals surface area contributed by atoms with Crippen LogP contribution in [0.4, 0.5) is 4.39 Å². The average molecular weight is 415 g/mol. The van der Waals surface area contributed by atoms with Gasteiger partial charge in [0.15, 0.2) is 0 Å². The Hall–Kier alpha value is -1.14. The number of hydrogen-bond acceptors (Lipinski definition) is 1. The van der Waals surface area contributed by atoms with Crippen LogP contribution in [-0.4, -0.2) is 9.55 Å². The van der Waals surface area contributed by atoms with Gasteiger partial charge in [0.1, 0.15) is 11.6 Å². The van der Waals surface area contributed by atoms with Crippen LogP contribution in [0.3, 0.4) is 0 Å². The summed E-state index contributed by atoms with van der Waals surface area (Å²) in [6.45, 7) is 2.07. The van der Waals surface area contributed by atoms with E-state index in [1.165, 1.54) is 12.1 Å². The molecule has 0 aliphatic heterocycles. The highest BCUT2D eigenvalue weighted by molar-refractivity contribution is 14.1. The lowest BCUT2D eigenvalue weighted by Crippen LogP contribution is -2.10. The van der Waals surface area contributed by atoms with Crippen LogP contribution in [0.2, 0.25) is 0 Å². The largest absolute Gasteiger partial charge is 0.320 e. The highest BCUT2D eigenvalue weighted by atomic mass is 127. The van der Waals surface area contributed by atoms with Crippen LogP contribution in [0.5, 0.6) is 0 Å². The Labute approximate surface area is 141 Å². The Bertz CT molecular complexity index is 783. The second-order valence-electron chi connectivity index (χ2n) is 4.89. The number of hydrogen-bond donors (Lipinski definition) is 0. The average Bonchev–Trinajstić information content (AvgIpc) is 2.84. The van der Waals surface area contributed by atoms with Crippen LogP contribution in [0.15, 0.2) is 42.5 Å².